The van der Waals surface area contributed by atoms with Gasteiger partial charge in [-0.3, -0.25) is 9.59 Å². The Balaban J connectivity index is 1.82. The number of carbonyl (C=O) groups excluding carboxylic acids is 1. The summed E-state index contributed by atoms with van der Waals surface area (Å²) in [5.41, 5.74) is 1.33. The van der Waals surface area contributed by atoms with Crippen molar-refractivity contribution in [1.29, 1.82) is 0 Å². The van der Waals surface area contributed by atoms with Crippen LogP contribution in [0.1, 0.15) is 36.8 Å². The summed E-state index contributed by atoms with van der Waals surface area (Å²) in [6, 6.07) is 6.78. The Labute approximate surface area is 149 Å². The molecule has 1 aliphatic rings. The number of nitrogens with one attached hydrogen (secondary N) is 1. The lowest BCUT2D eigenvalue weighted by Gasteiger charge is -2.25. The Hall–Kier alpha value is -2.09. The molecule has 1 aromatic carbocycles. The van der Waals surface area contributed by atoms with Crippen LogP contribution in [0.25, 0.3) is 0 Å². The van der Waals surface area contributed by atoms with Gasteiger partial charge in [-0.2, -0.15) is 13.2 Å². The summed E-state index contributed by atoms with van der Waals surface area (Å²) < 4.78 is 40.9. The summed E-state index contributed by atoms with van der Waals surface area (Å²) >= 11 is 0. The fourth-order valence-electron chi connectivity index (χ4n) is 3.10. The van der Waals surface area contributed by atoms with Gasteiger partial charge in [-0.25, -0.2) is 0 Å². The highest BCUT2D eigenvalue weighted by molar-refractivity contribution is 5.80. The fraction of sp³-hybridized carbons (Fsp3) is 0.556. The van der Waals surface area contributed by atoms with Crippen LogP contribution in [-0.4, -0.2) is 29.8 Å². The third-order valence-corrected chi connectivity index (χ3v) is 4.39. The number of rotatable bonds is 7. The highest BCUT2D eigenvalue weighted by Gasteiger charge is 2.31. The van der Waals surface area contributed by atoms with Crippen LogP contribution in [0.2, 0.25) is 0 Å². The number of aliphatic carboxylic acids is 1. The van der Waals surface area contributed by atoms with E-state index in [2.05, 4.69) is 10.1 Å². The van der Waals surface area contributed by atoms with Crippen molar-refractivity contribution < 1.29 is 32.6 Å². The molecule has 0 saturated heterocycles. The number of carboxylic acids is 1. The van der Waals surface area contributed by atoms with Gasteiger partial charge in [0.25, 0.3) is 0 Å². The van der Waals surface area contributed by atoms with E-state index in [0.29, 0.717) is 31.2 Å². The summed E-state index contributed by atoms with van der Waals surface area (Å²) in [6.45, 7) is -1.23. The molecular formula is C18H22F3NO4. The number of hydrogen-bond donors (Lipinski definition) is 2. The van der Waals surface area contributed by atoms with Crippen molar-refractivity contribution in [2.24, 2.45) is 11.8 Å². The van der Waals surface area contributed by atoms with Gasteiger partial charge in [0.1, 0.15) is 6.61 Å². The molecule has 1 amide bonds. The van der Waals surface area contributed by atoms with Crippen LogP contribution in [0.4, 0.5) is 13.2 Å². The summed E-state index contributed by atoms with van der Waals surface area (Å²) in [7, 11) is 0. The van der Waals surface area contributed by atoms with Crippen molar-refractivity contribution in [2.45, 2.75) is 45.0 Å². The zero-order chi connectivity index (χ0) is 19.2. The summed E-state index contributed by atoms with van der Waals surface area (Å²) in [4.78, 5) is 23.3. The predicted molar refractivity (Wildman–Crippen MR) is 87.1 cm³/mol. The van der Waals surface area contributed by atoms with E-state index in [1.807, 2.05) is 0 Å². The van der Waals surface area contributed by atoms with Crippen molar-refractivity contribution in [1.82, 2.24) is 5.32 Å². The van der Waals surface area contributed by atoms with Crippen molar-refractivity contribution >= 4 is 11.9 Å². The molecular weight excluding hydrogens is 351 g/mol. The third kappa shape index (κ3) is 6.67. The molecule has 1 fully saturated rings. The van der Waals surface area contributed by atoms with Gasteiger partial charge in [-0.05, 0) is 30.4 Å². The molecule has 0 bridgehead atoms. The minimum absolute atomic E-state index is 0.162. The first-order valence-corrected chi connectivity index (χ1v) is 8.47. The molecule has 1 aliphatic carbocycles. The first-order valence-electron chi connectivity index (χ1n) is 8.47. The molecule has 1 aromatic rings. The lowest BCUT2D eigenvalue weighted by atomic mass is 9.81. The molecule has 0 aromatic heterocycles. The average Bonchev–Trinajstić information content (AvgIpc) is 2.59. The number of amides is 1. The quantitative estimate of drug-likeness (QED) is 0.769. The molecule has 0 heterocycles. The second-order valence-corrected chi connectivity index (χ2v) is 6.54. The van der Waals surface area contributed by atoms with Crippen LogP contribution >= 0.6 is 0 Å². The topological polar surface area (TPSA) is 75.6 Å². The van der Waals surface area contributed by atoms with Crippen LogP contribution < -0.4 is 5.32 Å². The number of carbonyl (C=O) groups is 2. The van der Waals surface area contributed by atoms with Crippen LogP contribution in [0, 0.1) is 11.8 Å². The van der Waals surface area contributed by atoms with Crippen LogP contribution in [0.5, 0.6) is 0 Å². The van der Waals surface area contributed by atoms with Gasteiger partial charge in [0.2, 0.25) is 5.91 Å². The largest absolute Gasteiger partial charge is 0.481 e. The number of carboxylic acid groups (broad SMARTS) is 1. The molecule has 0 spiro atoms. The Bertz CT molecular complexity index is 633. The third-order valence-electron chi connectivity index (χ3n) is 4.39. The minimum Gasteiger partial charge on any atom is -0.481 e. The summed E-state index contributed by atoms with van der Waals surface area (Å²) in [5, 5.41) is 11.9. The van der Waals surface area contributed by atoms with Gasteiger partial charge in [0.05, 0.1) is 12.5 Å². The molecule has 144 valence electrons. The van der Waals surface area contributed by atoms with E-state index in [1.54, 1.807) is 24.3 Å². The lowest BCUT2D eigenvalue weighted by molar-refractivity contribution is -0.176. The minimum atomic E-state index is -4.36. The second kappa shape index (κ2) is 9.02. The molecule has 26 heavy (non-hydrogen) atoms. The van der Waals surface area contributed by atoms with Gasteiger partial charge < -0.3 is 15.2 Å². The molecule has 1 saturated carbocycles. The van der Waals surface area contributed by atoms with Gasteiger partial charge >= 0.3 is 12.1 Å². The van der Waals surface area contributed by atoms with Crippen LogP contribution in [0.3, 0.4) is 0 Å². The molecule has 2 unspecified atom stereocenters. The van der Waals surface area contributed by atoms with E-state index in [4.69, 9.17) is 5.11 Å². The molecule has 5 nitrogen and oxygen atoms in total. The lowest BCUT2D eigenvalue weighted by Crippen LogP contribution is -2.35. The smallest absolute Gasteiger partial charge is 0.411 e. The SMILES string of the molecule is O=C(O)C1CCCC(C(=O)NCc2cccc(COCC(F)(F)F)c2)C1. The Morgan fingerprint density at radius 3 is 2.58 bits per heavy atom. The van der Waals surface area contributed by atoms with E-state index >= 15 is 0 Å². The van der Waals surface area contributed by atoms with Crippen molar-refractivity contribution in [3.8, 4) is 0 Å². The zero-order valence-electron chi connectivity index (χ0n) is 14.2. The first-order chi connectivity index (χ1) is 12.2. The van der Waals surface area contributed by atoms with Crippen LogP contribution in [0.15, 0.2) is 24.3 Å². The Morgan fingerprint density at radius 1 is 1.19 bits per heavy atom. The van der Waals surface area contributed by atoms with Gasteiger partial charge in [0.15, 0.2) is 0 Å². The number of ether oxygens (including phenoxy) is 1. The highest BCUT2D eigenvalue weighted by Crippen LogP contribution is 2.29. The van der Waals surface area contributed by atoms with Crippen molar-refractivity contribution in [3.63, 3.8) is 0 Å². The van der Waals surface area contributed by atoms with Crippen LogP contribution in [-0.2, 0) is 27.5 Å². The Kier molecular flexibility index (Phi) is 7.02. The normalized spacial score (nSPS) is 20.6. The summed E-state index contributed by atoms with van der Waals surface area (Å²) in [6.07, 6.45) is -2.05. The maximum atomic E-state index is 12.3. The highest BCUT2D eigenvalue weighted by atomic mass is 19.4. The fourth-order valence-corrected chi connectivity index (χ4v) is 3.10. The van der Waals surface area contributed by atoms with Gasteiger partial charge in [-0.1, -0.05) is 30.7 Å². The predicted octanol–water partition coefficient (Wildman–Crippen LogP) is 3.27. The molecule has 8 heteroatoms. The number of benzene rings is 1. The van der Waals surface area contributed by atoms with Crippen molar-refractivity contribution in [3.05, 3.63) is 35.4 Å². The molecule has 0 aliphatic heterocycles. The first kappa shape index (κ1) is 20.2. The summed E-state index contributed by atoms with van der Waals surface area (Å²) in [5.74, 6) is -1.85. The van der Waals surface area contributed by atoms with Gasteiger partial charge in [-0.15, -0.1) is 0 Å². The second-order valence-electron chi connectivity index (χ2n) is 6.54. The molecule has 0 radical (unpaired) electrons. The number of alkyl halides is 3. The number of hydrogen-bond acceptors (Lipinski definition) is 3. The molecule has 2 rings (SSSR count). The maximum absolute atomic E-state index is 12.3. The van der Waals surface area contributed by atoms with E-state index in [0.717, 1.165) is 5.56 Å². The standard InChI is InChI=1S/C18H22F3NO4/c19-18(20,21)11-26-10-13-4-1-3-12(7-13)9-22-16(23)14-5-2-6-15(8-14)17(24)25/h1,3-4,7,14-15H,2,5-6,8-11H2,(H,22,23)(H,24,25). The van der Waals surface area contributed by atoms with E-state index in [9.17, 15) is 22.8 Å². The average molecular weight is 373 g/mol. The van der Waals surface area contributed by atoms with E-state index < -0.39 is 24.7 Å². The monoisotopic (exact) mass is 373 g/mol. The Morgan fingerprint density at radius 2 is 1.88 bits per heavy atom. The molecule has 2 N–H and O–H groups in total. The maximum Gasteiger partial charge on any atom is 0.411 e. The molecule has 2 atom stereocenters. The van der Waals surface area contributed by atoms with Gasteiger partial charge in [0, 0.05) is 12.5 Å². The number of halogens is 3. The van der Waals surface area contributed by atoms with E-state index in [-0.39, 0.29) is 25.0 Å². The van der Waals surface area contributed by atoms with E-state index in [1.165, 1.54) is 0 Å². The van der Waals surface area contributed by atoms with Crippen molar-refractivity contribution in [2.75, 3.05) is 6.61 Å². The zero-order valence-corrected chi connectivity index (χ0v) is 14.2.